The van der Waals surface area contributed by atoms with E-state index in [4.69, 9.17) is 26.8 Å². The van der Waals surface area contributed by atoms with Crippen molar-refractivity contribution in [3.8, 4) is 0 Å². The summed E-state index contributed by atoms with van der Waals surface area (Å²) in [4.78, 5) is 23.3. The van der Waals surface area contributed by atoms with Gasteiger partial charge in [0.05, 0.1) is 11.9 Å². The standard InChI is InChI=1S/C9H16N6O2S3.C4H4O4/c1-20(16,17)15-7(10)2-3-18-4-6-5-19-9(13-6)14-8(11)12;5-3(6)1-2-4(7)8/h5H,2-4H2,1H3,(H2,10,15)(H4,11,12,13,14);1-2H,(H,5,6)(H,7,8)/b;2-1-. The SMILES string of the molecule is CS(=O)(=O)NC(=N)CCSCc1csc(NC(=N)N)n1.O=C(O)/C=C\C(=O)O. The van der Waals surface area contributed by atoms with Crippen molar-refractivity contribution in [3.63, 3.8) is 0 Å². The Bertz CT molecular complexity index is 820. The van der Waals surface area contributed by atoms with Crippen LogP contribution in [-0.4, -0.2) is 59.4 Å². The van der Waals surface area contributed by atoms with E-state index in [2.05, 4.69) is 15.0 Å². The van der Waals surface area contributed by atoms with Crippen molar-refractivity contribution >= 4 is 62.0 Å². The molecule has 156 valence electrons. The minimum absolute atomic E-state index is 0.0165. The highest BCUT2D eigenvalue weighted by Crippen LogP contribution is 2.19. The normalized spacial score (nSPS) is 10.6. The van der Waals surface area contributed by atoms with Gasteiger partial charge in [0.2, 0.25) is 10.0 Å². The summed E-state index contributed by atoms with van der Waals surface area (Å²) >= 11 is 2.91. The molecule has 0 aliphatic rings. The van der Waals surface area contributed by atoms with Gasteiger partial charge in [0.1, 0.15) is 5.84 Å². The highest BCUT2D eigenvalue weighted by Gasteiger charge is 2.06. The molecule has 0 aliphatic heterocycles. The van der Waals surface area contributed by atoms with E-state index in [1.54, 1.807) is 11.8 Å². The van der Waals surface area contributed by atoms with Crippen LogP contribution in [0.2, 0.25) is 0 Å². The number of thiazole rings is 1. The number of nitrogens with one attached hydrogen (secondary N) is 4. The van der Waals surface area contributed by atoms with Crippen LogP contribution in [0.5, 0.6) is 0 Å². The number of aromatic nitrogens is 1. The Morgan fingerprint density at radius 1 is 1.32 bits per heavy atom. The van der Waals surface area contributed by atoms with Gasteiger partial charge < -0.3 is 21.3 Å². The Morgan fingerprint density at radius 3 is 2.36 bits per heavy atom. The summed E-state index contributed by atoms with van der Waals surface area (Å²) in [6.07, 6.45) is 2.48. The number of carbonyl (C=O) groups is 2. The molecule has 1 rings (SSSR count). The molecule has 0 saturated carbocycles. The third-order valence-corrected chi connectivity index (χ3v) is 4.63. The predicted octanol–water partition coefficient (Wildman–Crippen LogP) is 0.310. The van der Waals surface area contributed by atoms with Crippen molar-refractivity contribution in [1.82, 2.24) is 9.71 Å². The second-order valence-electron chi connectivity index (χ2n) is 4.85. The molecule has 0 spiro atoms. The first kappa shape index (κ1) is 25.4. The van der Waals surface area contributed by atoms with Crippen LogP contribution in [0.15, 0.2) is 17.5 Å². The van der Waals surface area contributed by atoms with Crippen molar-refractivity contribution in [3.05, 3.63) is 23.2 Å². The molecular formula is C13H20N6O6S3. The molecule has 0 aromatic carbocycles. The van der Waals surface area contributed by atoms with Crippen LogP contribution in [-0.2, 0) is 25.4 Å². The average Bonchev–Trinajstić information content (AvgIpc) is 2.95. The third kappa shape index (κ3) is 15.6. The summed E-state index contributed by atoms with van der Waals surface area (Å²) in [5, 5.41) is 35.2. The zero-order chi connectivity index (χ0) is 21.7. The van der Waals surface area contributed by atoms with E-state index in [0.29, 0.717) is 35.2 Å². The lowest BCUT2D eigenvalue weighted by Crippen LogP contribution is -2.28. The number of carboxylic acid groups (broad SMARTS) is 2. The summed E-state index contributed by atoms with van der Waals surface area (Å²) < 4.78 is 23.9. The lowest BCUT2D eigenvalue weighted by atomic mass is 10.5. The number of rotatable bonds is 9. The van der Waals surface area contributed by atoms with Gasteiger partial charge in [0.15, 0.2) is 11.1 Å². The predicted molar refractivity (Wildman–Crippen MR) is 109 cm³/mol. The molecular weight excluding hydrogens is 432 g/mol. The number of guanidine groups is 1. The maximum absolute atomic E-state index is 10.9. The van der Waals surface area contributed by atoms with Gasteiger partial charge in [-0.1, -0.05) is 0 Å². The van der Waals surface area contributed by atoms with E-state index >= 15 is 0 Å². The second kappa shape index (κ2) is 12.7. The molecule has 8 N–H and O–H groups in total. The monoisotopic (exact) mass is 452 g/mol. The number of nitrogens with zero attached hydrogens (tertiary/aromatic N) is 1. The Hall–Kier alpha value is -2.65. The van der Waals surface area contributed by atoms with E-state index in [1.165, 1.54) is 11.3 Å². The number of anilines is 1. The molecule has 1 aromatic heterocycles. The maximum Gasteiger partial charge on any atom is 0.328 e. The molecule has 1 aromatic rings. The number of nitrogens with two attached hydrogens (primary N) is 1. The van der Waals surface area contributed by atoms with E-state index in [9.17, 15) is 18.0 Å². The van der Waals surface area contributed by atoms with E-state index in [-0.39, 0.29) is 11.8 Å². The summed E-state index contributed by atoms with van der Waals surface area (Å²) in [5.74, 6) is -1.41. The number of carboxylic acids is 2. The first-order valence-corrected chi connectivity index (χ1v) is 11.1. The lowest BCUT2D eigenvalue weighted by Gasteiger charge is -2.04. The molecule has 0 fully saturated rings. The minimum atomic E-state index is -3.36. The molecule has 0 aliphatic carbocycles. The van der Waals surface area contributed by atoms with Crippen LogP contribution in [0.3, 0.4) is 0 Å². The highest BCUT2D eigenvalue weighted by atomic mass is 32.2. The van der Waals surface area contributed by atoms with Crippen molar-refractivity contribution in [2.75, 3.05) is 17.3 Å². The second-order valence-corrected chi connectivity index (χ2v) is 8.56. The first-order valence-electron chi connectivity index (χ1n) is 7.21. The Kier molecular flexibility index (Phi) is 11.5. The fraction of sp³-hybridized carbons (Fsp3) is 0.308. The van der Waals surface area contributed by atoms with Crippen LogP contribution in [0, 0.1) is 10.8 Å². The van der Waals surface area contributed by atoms with Gasteiger partial charge >= 0.3 is 11.9 Å². The molecule has 0 radical (unpaired) electrons. The fourth-order valence-electron chi connectivity index (χ4n) is 1.31. The van der Waals surface area contributed by atoms with Crippen molar-refractivity contribution in [2.24, 2.45) is 5.73 Å². The highest BCUT2D eigenvalue weighted by molar-refractivity contribution is 7.98. The van der Waals surface area contributed by atoms with Crippen molar-refractivity contribution in [2.45, 2.75) is 12.2 Å². The summed E-state index contributed by atoms with van der Waals surface area (Å²) in [7, 11) is -3.36. The van der Waals surface area contributed by atoms with E-state index < -0.39 is 22.0 Å². The Morgan fingerprint density at radius 2 is 1.89 bits per heavy atom. The smallest absolute Gasteiger partial charge is 0.328 e. The minimum Gasteiger partial charge on any atom is -0.478 e. The van der Waals surface area contributed by atoms with Crippen molar-refractivity contribution < 1.29 is 28.2 Å². The zero-order valence-corrected chi connectivity index (χ0v) is 17.1. The van der Waals surface area contributed by atoms with Gasteiger partial charge in [-0.3, -0.25) is 15.5 Å². The van der Waals surface area contributed by atoms with Gasteiger partial charge in [-0.15, -0.1) is 11.3 Å². The molecule has 28 heavy (non-hydrogen) atoms. The van der Waals surface area contributed by atoms with Crippen LogP contribution >= 0.6 is 23.1 Å². The number of aliphatic carboxylic acids is 2. The van der Waals surface area contributed by atoms with E-state index in [1.807, 2.05) is 5.38 Å². The quantitative estimate of drug-likeness (QED) is 0.118. The average molecular weight is 453 g/mol. The Balaban J connectivity index is 0.000000769. The molecule has 0 amide bonds. The topological polar surface area (TPSA) is 219 Å². The molecule has 15 heteroatoms. The lowest BCUT2D eigenvalue weighted by molar-refractivity contribution is -0.134. The van der Waals surface area contributed by atoms with Gasteiger partial charge in [-0.25, -0.2) is 23.0 Å². The summed E-state index contributed by atoms with van der Waals surface area (Å²) in [6, 6.07) is 0. The molecule has 0 saturated heterocycles. The van der Waals surface area contributed by atoms with Gasteiger partial charge in [-0.2, -0.15) is 11.8 Å². The van der Waals surface area contributed by atoms with Crippen molar-refractivity contribution in [1.29, 1.82) is 10.8 Å². The fourth-order valence-corrected chi connectivity index (χ4v) is 3.54. The van der Waals surface area contributed by atoms with Gasteiger partial charge in [-0.05, 0) is 0 Å². The third-order valence-electron chi connectivity index (χ3n) is 2.22. The number of hydrogen-bond acceptors (Lipinski definition) is 9. The number of thioether (sulfide) groups is 1. The van der Waals surface area contributed by atoms with E-state index in [0.717, 1.165) is 11.9 Å². The zero-order valence-electron chi connectivity index (χ0n) is 14.6. The van der Waals surface area contributed by atoms with Crippen LogP contribution in [0.4, 0.5) is 5.13 Å². The number of amidine groups is 1. The van der Waals surface area contributed by atoms with Gasteiger partial charge in [0, 0.05) is 35.5 Å². The van der Waals surface area contributed by atoms with Crippen LogP contribution in [0.25, 0.3) is 0 Å². The Labute approximate surface area is 169 Å². The molecule has 1 heterocycles. The number of sulfonamides is 1. The number of hydrogen-bond donors (Lipinski definition) is 7. The first-order chi connectivity index (χ1) is 12.9. The summed E-state index contributed by atoms with van der Waals surface area (Å²) in [5.41, 5.74) is 6.05. The van der Waals surface area contributed by atoms with Crippen LogP contribution < -0.4 is 15.8 Å². The van der Waals surface area contributed by atoms with Gasteiger partial charge in [0.25, 0.3) is 0 Å². The molecule has 0 atom stereocenters. The summed E-state index contributed by atoms with van der Waals surface area (Å²) in [6.45, 7) is 0. The molecule has 0 bridgehead atoms. The molecule has 0 unspecified atom stereocenters. The maximum atomic E-state index is 10.9. The van der Waals surface area contributed by atoms with Crippen LogP contribution in [0.1, 0.15) is 12.1 Å². The largest absolute Gasteiger partial charge is 0.478 e. The molecule has 12 nitrogen and oxygen atoms in total.